The second-order valence-electron chi connectivity index (χ2n) is 4.30. The number of benzene rings is 1. The molecule has 0 saturated heterocycles. The number of H-pyrrole nitrogens is 1. The van der Waals surface area contributed by atoms with Crippen LogP contribution < -0.4 is 11.3 Å². The number of fused-ring (bicyclic) bond motifs is 1. The van der Waals surface area contributed by atoms with E-state index in [-0.39, 0.29) is 28.4 Å². The van der Waals surface area contributed by atoms with Crippen LogP contribution >= 0.6 is 0 Å². The van der Waals surface area contributed by atoms with Crippen molar-refractivity contribution in [2.45, 2.75) is 6.92 Å². The highest BCUT2D eigenvalue weighted by molar-refractivity contribution is 5.63. The average molecular weight is 277 g/mol. The molecular weight excluding hydrogens is 268 g/mol. The van der Waals surface area contributed by atoms with Gasteiger partial charge in [-0.2, -0.15) is 9.50 Å². The van der Waals surface area contributed by atoms with Gasteiger partial charge in [-0.3, -0.25) is 9.89 Å². The quantitative estimate of drug-likeness (QED) is 0.655. The van der Waals surface area contributed by atoms with Gasteiger partial charge in [-0.1, -0.05) is 0 Å². The molecule has 0 unspecified atom stereocenters. The zero-order valence-corrected chi connectivity index (χ0v) is 10.3. The molecule has 0 spiro atoms. The number of hydrogen-bond donors (Lipinski definition) is 2. The Morgan fingerprint density at radius 2 is 1.95 bits per heavy atom. The second kappa shape index (κ2) is 4.12. The Balaban J connectivity index is 2.28. The van der Waals surface area contributed by atoms with Crippen molar-refractivity contribution in [3.05, 3.63) is 45.9 Å². The first-order valence-electron chi connectivity index (χ1n) is 5.67. The normalized spacial score (nSPS) is 11.2. The Morgan fingerprint density at radius 1 is 1.20 bits per heavy atom. The number of halogens is 2. The fraction of sp³-hybridized carbons (Fsp3) is 0.0833. The monoisotopic (exact) mass is 277 g/mol. The maximum absolute atomic E-state index is 13.8. The Kier molecular flexibility index (Phi) is 2.53. The van der Waals surface area contributed by atoms with Crippen LogP contribution in [0.2, 0.25) is 0 Å². The minimum Gasteiger partial charge on any atom is -0.396 e. The number of hydrogen-bond acceptors (Lipinski definition) is 4. The molecule has 3 aromatic rings. The lowest BCUT2D eigenvalue weighted by atomic mass is 10.1. The zero-order valence-electron chi connectivity index (χ0n) is 10.3. The smallest absolute Gasteiger partial charge is 0.274 e. The molecule has 2 heterocycles. The fourth-order valence-corrected chi connectivity index (χ4v) is 1.86. The number of nitrogens with one attached hydrogen (secondary N) is 1. The van der Waals surface area contributed by atoms with Crippen molar-refractivity contribution >= 4 is 11.5 Å². The molecule has 0 atom stereocenters. The summed E-state index contributed by atoms with van der Waals surface area (Å²) in [5.41, 5.74) is 5.28. The number of aromatic nitrogens is 4. The Hall–Kier alpha value is -2.77. The van der Waals surface area contributed by atoms with Gasteiger partial charge in [-0.25, -0.2) is 13.8 Å². The fourth-order valence-electron chi connectivity index (χ4n) is 1.86. The van der Waals surface area contributed by atoms with Gasteiger partial charge in [0.1, 0.15) is 11.6 Å². The van der Waals surface area contributed by atoms with Crippen LogP contribution in [0.25, 0.3) is 17.2 Å². The molecule has 0 aliphatic heterocycles. The Bertz CT molecular complexity index is 883. The summed E-state index contributed by atoms with van der Waals surface area (Å²) in [5.74, 6) is -1.54. The molecule has 0 bridgehead atoms. The van der Waals surface area contributed by atoms with E-state index in [1.807, 2.05) is 0 Å². The highest BCUT2D eigenvalue weighted by atomic mass is 19.1. The summed E-state index contributed by atoms with van der Waals surface area (Å²) in [7, 11) is 0. The minimum atomic E-state index is -0.853. The first kappa shape index (κ1) is 12.3. The molecule has 0 radical (unpaired) electrons. The lowest BCUT2D eigenvalue weighted by Gasteiger charge is -2.01. The van der Waals surface area contributed by atoms with Crippen molar-refractivity contribution in [2.24, 2.45) is 0 Å². The molecule has 0 amide bonds. The molecule has 0 fully saturated rings. The summed E-state index contributed by atoms with van der Waals surface area (Å²) in [6.07, 6.45) is 0. The van der Waals surface area contributed by atoms with Crippen molar-refractivity contribution in [3.63, 3.8) is 0 Å². The maximum atomic E-state index is 13.8. The Labute approximate surface area is 110 Å². The molecule has 8 heteroatoms. The van der Waals surface area contributed by atoms with Crippen LogP contribution in [0.5, 0.6) is 0 Å². The molecule has 2 aromatic heterocycles. The van der Waals surface area contributed by atoms with Crippen molar-refractivity contribution in [1.82, 2.24) is 19.6 Å². The van der Waals surface area contributed by atoms with Crippen LogP contribution in [0.4, 0.5) is 14.5 Å². The van der Waals surface area contributed by atoms with Crippen molar-refractivity contribution in [3.8, 4) is 11.4 Å². The average Bonchev–Trinajstić information content (AvgIpc) is 2.77. The summed E-state index contributed by atoms with van der Waals surface area (Å²) < 4.78 is 28.0. The molecule has 3 N–H and O–H groups in total. The number of nitrogen functional groups attached to an aromatic ring is 1. The van der Waals surface area contributed by atoms with E-state index in [0.29, 0.717) is 11.8 Å². The van der Waals surface area contributed by atoms with Crippen LogP contribution in [0, 0.1) is 18.6 Å². The van der Waals surface area contributed by atoms with Crippen LogP contribution in [0.3, 0.4) is 0 Å². The molecule has 20 heavy (non-hydrogen) atoms. The number of anilines is 1. The van der Waals surface area contributed by atoms with Crippen LogP contribution in [0.15, 0.2) is 23.0 Å². The highest BCUT2D eigenvalue weighted by Gasteiger charge is 2.14. The van der Waals surface area contributed by atoms with E-state index in [1.54, 1.807) is 6.92 Å². The SMILES string of the molecule is Cc1cc(=O)n2[nH]c(-c3cc(N)c(F)cc3F)nc2n1. The number of aromatic amines is 1. The first-order chi connectivity index (χ1) is 9.45. The van der Waals surface area contributed by atoms with Crippen molar-refractivity contribution < 1.29 is 8.78 Å². The van der Waals surface area contributed by atoms with Gasteiger partial charge in [0.15, 0.2) is 5.82 Å². The predicted octanol–water partition coefficient (Wildman–Crippen LogP) is 1.25. The van der Waals surface area contributed by atoms with Gasteiger partial charge in [0.05, 0.1) is 11.3 Å². The minimum absolute atomic E-state index is 0.0357. The molecular formula is C12H9F2N5O. The summed E-state index contributed by atoms with van der Waals surface area (Å²) in [6, 6.07) is 3.09. The first-order valence-corrected chi connectivity index (χ1v) is 5.67. The van der Waals surface area contributed by atoms with E-state index in [0.717, 1.165) is 10.6 Å². The van der Waals surface area contributed by atoms with E-state index in [9.17, 15) is 13.6 Å². The van der Waals surface area contributed by atoms with E-state index in [1.165, 1.54) is 6.07 Å². The molecule has 1 aromatic carbocycles. The Morgan fingerprint density at radius 3 is 2.70 bits per heavy atom. The molecule has 102 valence electrons. The summed E-state index contributed by atoms with van der Waals surface area (Å²) in [6.45, 7) is 1.65. The van der Waals surface area contributed by atoms with Gasteiger partial charge in [-0.15, -0.1) is 0 Å². The van der Waals surface area contributed by atoms with E-state index in [2.05, 4.69) is 15.1 Å². The molecule has 3 rings (SSSR count). The molecule has 6 nitrogen and oxygen atoms in total. The van der Waals surface area contributed by atoms with Crippen molar-refractivity contribution in [2.75, 3.05) is 5.73 Å². The standard InChI is InChI=1S/C12H9F2N5O/c1-5-2-10(20)19-12(16-5)17-11(18-19)6-3-9(15)8(14)4-7(6)13/h2-4H,15H2,1H3,(H,16,17,18). The van der Waals surface area contributed by atoms with Crippen LogP contribution in [0.1, 0.15) is 5.69 Å². The number of nitrogens with zero attached hydrogens (tertiary/aromatic N) is 3. The van der Waals surface area contributed by atoms with E-state index >= 15 is 0 Å². The van der Waals surface area contributed by atoms with Gasteiger partial charge < -0.3 is 5.73 Å². The topological polar surface area (TPSA) is 89.1 Å². The summed E-state index contributed by atoms with van der Waals surface area (Å²) in [4.78, 5) is 19.8. The van der Waals surface area contributed by atoms with E-state index < -0.39 is 11.6 Å². The van der Waals surface area contributed by atoms with Crippen molar-refractivity contribution in [1.29, 1.82) is 0 Å². The molecule has 0 aliphatic carbocycles. The summed E-state index contributed by atoms with van der Waals surface area (Å²) >= 11 is 0. The van der Waals surface area contributed by atoms with Crippen LogP contribution in [-0.4, -0.2) is 19.6 Å². The number of aryl methyl sites for hydroxylation is 1. The zero-order chi connectivity index (χ0) is 14.4. The highest BCUT2D eigenvalue weighted by Crippen LogP contribution is 2.24. The molecule has 0 aliphatic rings. The van der Waals surface area contributed by atoms with Gasteiger partial charge in [0.2, 0.25) is 0 Å². The number of rotatable bonds is 1. The third kappa shape index (κ3) is 1.81. The van der Waals surface area contributed by atoms with Gasteiger partial charge in [0, 0.05) is 17.8 Å². The lowest BCUT2D eigenvalue weighted by molar-refractivity contribution is 0.588. The van der Waals surface area contributed by atoms with Gasteiger partial charge in [0.25, 0.3) is 11.3 Å². The number of nitrogens with two attached hydrogens (primary N) is 1. The van der Waals surface area contributed by atoms with Gasteiger partial charge in [-0.05, 0) is 13.0 Å². The third-order valence-corrected chi connectivity index (χ3v) is 2.80. The lowest BCUT2D eigenvalue weighted by Crippen LogP contribution is -2.14. The van der Waals surface area contributed by atoms with Crippen LogP contribution in [-0.2, 0) is 0 Å². The molecule has 0 saturated carbocycles. The van der Waals surface area contributed by atoms with Gasteiger partial charge >= 0.3 is 0 Å². The second-order valence-corrected chi connectivity index (χ2v) is 4.30. The van der Waals surface area contributed by atoms with E-state index in [4.69, 9.17) is 5.73 Å². The summed E-state index contributed by atoms with van der Waals surface area (Å²) in [5, 5.41) is 2.61. The maximum Gasteiger partial charge on any atom is 0.274 e. The third-order valence-electron chi connectivity index (χ3n) is 2.80. The largest absolute Gasteiger partial charge is 0.396 e. The predicted molar refractivity (Wildman–Crippen MR) is 68.1 cm³/mol.